The Balaban J connectivity index is 2.22. The summed E-state index contributed by atoms with van der Waals surface area (Å²) in [5.74, 6) is 0.972. The highest BCUT2D eigenvalue weighted by Gasteiger charge is 2.24. The normalized spacial score (nSPS) is 19.3. The molecule has 18 heavy (non-hydrogen) atoms. The number of morpholine rings is 1. The summed E-state index contributed by atoms with van der Waals surface area (Å²) in [6, 6.07) is 2.08. The second-order valence-corrected chi connectivity index (χ2v) is 3.78. The second-order valence-electron chi connectivity index (χ2n) is 3.78. The van der Waals surface area contributed by atoms with Crippen LogP contribution in [0.2, 0.25) is 0 Å². The number of nitriles is 1. The van der Waals surface area contributed by atoms with Crippen molar-refractivity contribution < 1.29 is 9.47 Å². The Hall–Kier alpha value is -2.07. The number of ether oxygens (including phenoxy) is 2. The van der Waals surface area contributed by atoms with Gasteiger partial charge in [0.1, 0.15) is 12.0 Å². The van der Waals surface area contributed by atoms with E-state index in [0.29, 0.717) is 43.7 Å². The molecular formula is C11H15N5O2. The Bertz CT molecular complexity index is 459. The van der Waals surface area contributed by atoms with Crippen molar-refractivity contribution in [1.29, 1.82) is 5.26 Å². The van der Waals surface area contributed by atoms with E-state index >= 15 is 0 Å². The molecule has 2 N–H and O–H groups in total. The molecular weight excluding hydrogens is 234 g/mol. The largest absolute Gasteiger partial charge is 0.476 e. The number of aromatic nitrogens is 2. The molecule has 0 amide bonds. The van der Waals surface area contributed by atoms with Crippen LogP contribution in [0.3, 0.4) is 0 Å². The number of anilines is 2. The highest BCUT2D eigenvalue weighted by molar-refractivity contribution is 5.67. The Labute approximate surface area is 105 Å². The molecule has 0 aliphatic carbocycles. The summed E-state index contributed by atoms with van der Waals surface area (Å²) >= 11 is 0. The first-order valence-corrected chi connectivity index (χ1v) is 5.75. The molecule has 1 saturated heterocycles. The Morgan fingerprint density at radius 1 is 1.67 bits per heavy atom. The van der Waals surface area contributed by atoms with Gasteiger partial charge in [-0.2, -0.15) is 10.2 Å². The molecule has 0 radical (unpaired) electrons. The van der Waals surface area contributed by atoms with Crippen molar-refractivity contribution in [3.63, 3.8) is 0 Å². The van der Waals surface area contributed by atoms with Crippen LogP contribution in [-0.2, 0) is 4.74 Å². The zero-order valence-electron chi connectivity index (χ0n) is 10.2. The molecule has 1 aliphatic heterocycles. The van der Waals surface area contributed by atoms with Crippen LogP contribution in [0.1, 0.15) is 6.92 Å². The molecule has 0 saturated carbocycles. The molecule has 2 heterocycles. The third-order valence-electron chi connectivity index (χ3n) is 2.62. The van der Waals surface area contributed by atoms with Crippen molar-refractivity contribution >= 4 is 11.5 Å². The number of hydrogen-bond donors (Lipinski definition) is 1. The Morgan fingerprint density at radius 2 is 2.50 bits per heavy atom. The third kappa shape index (κ3) is 2.43. The summed E-state index contributed by atoms with van der Waals surface area (Å²) in [4.78, 5) is 10.1. The summed E-state index contributed by atoms with van der Waals surface area (Å²) in [6.45, 7) is 3.92. The number of nitrogen functional groups attached to an aromatic ring is 1. The van der Waals surface area contributed by atoms with Crippen LogP contribution in [-0.4, -0.2) is 42.4 Å². The molecule has 1 fully saturated rings. The fourth-order valence-corrected chi connectivity index (χ4v) is 1.79. The average Bonchev–Trinajstić information content (AvgIpc) is 2.41. The maximum atomic E-state index is 8.87. The fourth-order valence-electron chi connectivity index (χ4n) is 1.79. The van der Waals surface area contributed by atoms with Gasteiger partial charge in [-0.05, 0) is 6.92 Å². The molecule has 7 heteroatoms. The minimum absolute atomic E-state index is 0.377. The first kappa shape index (κ1) is 12.4. The smallest absolute Gasteiger partial charge is 0.242 e. The summed E-state index contributed by atoms with van der Waals surface area (Å²) < 4.78 is 10.6. The molecule has 1 aromatic heterocycles. The molecule has 1 aliphatic rings. The van der Waals surface area contributed by atoms with Gasteiger partial charge in [0.05, 0.1) is 25.8 Å². The van der Waals surface area contributed by atoms with Gasteiger partial charge in [-0.1, -0.05) is 0 Å². The van der Waals surface area contributed by atoms with Crippen LogP contribution in [0.15, 0.2) is 6.33 Å². The highest BCUT2D eigenvalue weighted by atomic mass is 16.5. The van der Waals surface area contributed by atoms with E-state index in [1.54, 1.807) is 0 Å². The highest BCUT2D eigenvalue weighted by Crippen LogP contribution is 2.28. The van der Waals surface area contributed by atoms with Gasteiger partial charge < -0.3 is 20.1 Å². The standard InChI is InChI=1S/C11H15N5O2/c1-2-17-11-9(13)10(14-7-15-11)16-3-4-18-8(5-12)6-16/h7-8H,2-4,6,13H2,1H3. The topological polar surface area (TPSA) is 97.3 Å². The van der Waals surface area contributed by atoms with Gasteiger partial charge in [0.25, 0.3) is 0 Å². The van der Waals surface area contributed by atoms with Gasteiger partial charge >= 0.3 is 0 Å². The van der Waals surface area contributed by atoms with Crippen LogP contribution in [0.4, 0.5) is 11.5 Å². The molecule has 2 rings (SSSR count). The van der Waals surface area contributed by atoms with Gasteiger partial charge in [-0.15, -0.1) is 0 Å². The summed E-state index contributed by atoms with van der Waals surface area (Å²) in [7, 11) is 0. The summed E-state index contributed by atoms with van der Waals surface area (Å²) in [6.07, 6.45) is 0.955. The lowest BCUT2D eigenvalue weighted by Crippen LogP contribution is -2.42. The third-order valence-corrected chi connectivity index (χ3v) is 2.62. The fraction of sp³-hybridized carbons (Fsp3) is 0.545. The second kappa shape index (κ2) is 5.51. The van der Waals surface area contributed by atoms with Gasteiger partial charge in [-0.3, -0.25) is 0 Å². The van der Waals surface area contributed by atoms with E-state index in [-0.39, 0.29) is 0 Å². The van der Waals surface area contributed by atoms with E-state index in [4.69, 9.17) is 20.5 Å². The van der Waals surface area contributed by atoms with Gasteiger partial charge in [0.2, 0.25) is 5.88 Å². The molecule has 0 bridgehead atoms. The number of rotatable bonds is 3. The lowest BCUT2D eigenvalue weighted by Gasteiger charge is -2.31. The van der Waals surface area contributed by atoms with Crippen LogP contribution in [0.5, 0.6) is 5.88 Å². The molecule has 96 valence electrons. The summed E-state index contributed by atoms with van der Waals surface area (Å²) in [5, 5.41) is 8.87. The van der Waals surface area contributed by atoms with Crippen molar-refractivity contribution in [3.8, 4) is 11.9 Å². The van der Waals surface area contributed by atoms with E-state index in [2.05, 4.69) is 16.0 Å². The SMILES string of the molecule is CCOc1ncnc(N2CCOC(C#N)C2)c1N. The van der Waals surface area contributed by atoms with Gasteiger partial charge in [-0.25, -0.2) is 4.98 Å². The van der Waals surface area contributed by atoms with E-state index < -0.39 is 6.10 Å². The van der Waals surface area contributed by atoms with Crippen LogP contribution in [0, 0.1) is 11.3 Å². The van der Waals surface area contributed by atoms with Gasteiger partial charge in [0.15, 0.2) is 11.9 Å². The summed E-state index contributed by atoms with van der Waals surface area (Å²) in [5.41, 5.74) is 6.37. The molecule has 7 nitrogen and oxygen atoms in total. The van der Waals surface area contributed by atoms with Crippen molar-refractivity contribution in [1.82, 2.24) is 9.97 Å². The molecule has 1 atom stereocenters. The molecule has 0 aromatic carbocycles. The zero-order chi connectivity index (χ0) is 13.0. The average molecular weight is 249 g/mol. The predicted octanol–water partition coefficient (Wildman–Crippen LogP) is 0.186. The minimum Gasteiger partial charge on any atom is -0.476 e. The van der Waals surface area contributed by atoms with E-state index in [1.165, 1.54) is 6.33 Å². The van der Waals surface area contributed by atoms with Crippen molar-refractivity contribution in [2.24, 2.45) is 0 Å². The lowest BCUT2D eigenvalue weighted by atomic mass is 10.3. The maximum Gasteiger partial charge on any atom is 0.242 e. The van der Waals surface area contributed by atoms with Crippen LogP contribution < -0.4 is 15.4 Å². The zero-order valence-corrected chi connectivity index (χ0v) is 10.2. The number of nitrogens with zero attached hydrogens (tertiary/aromatic N) is 4. The maximum absolute atomic E-state index is 8.87. The van der Waals surface area contributed by atoms with Gasteiger partial charge in [0, 0.05) is 6.54 Å². The number of hydrogen-bond acceptors (Lipinski definition) is 7. The van der Waals surface area contributed by atoms with Crippen LogP contribution in [0.25, 0.3) is 0 Å². The minimum atomic E-state index is -0.455. The number of nitrogens with two attached hydrogens (primary N) is 1. The monoisotopic (exact) mass is 249 g/mol. The van der Waals surface area contributed by atoms with Crippen molar-refractivity contribution in [3.05, 3.63) is 6.33 Å². The molecule has 0 spiro atoms. The molecule has 1 unspecified atom stereocenters. The molecule has 1 aromatic rings. The quantitative estimate of drug-likeness (QED) is 0.816. The van der Waals surface area contributed by atoms with Crippen LogP contribution >= 0.6 is 0 Å². The Kier molecular flexibility index (Phi) is 3.79. The van der Waals surface area contributed by atoms with E-state index in [9.17, 15) is 0 Å². The predicted molar refractivity (Wildman–Crippen MR) is 65.2 cm³/mol. The van der Waals surface area contributed by atoms with E-state index in [1.807, 2.05) is 11.8 Å². The lowest BCUT2D eigenvalue weighted by molar-refractivity contribution is 0.0762. The first-order chi connectivity index (χ1) is 8.76. The van der Waals surface area contributed by atoms with Crippen molar-refractivity contribution in [2.45, 2.75) is 13.0 Å². The Morgan fingerprint density at radius 3 is 3.22 bits per heavy atom. The first-order valence-electron chi connectivity index (χ1n) is 5.75. The van der Waals surface area contributed by atoms with E-state index in [0.717, 1.165) is 0 Å². The van der Waals surface area contributed by atoms with Crippen molar-refractivity contribution in [2.75, 3.05) is 36.9 Å².